The Labute approximate surface area is 109 Å². The molecule has 2 nitrogen and oxygen atoms in total. The largest absolute Gasteiger partial charge is 0.298 e. The fourth-order valence-corrected chi connectivity index (χ4v) is 2.80. The van der Waals surface area contributed by atoms with Gasteiger partial charge in [-0.25, -0.2) is 0 Å². The summed E-state index contributed by atoms with van der Waals surface area (Å²) in [7, 11) is 0. The van der Waals surface area contributed by atoms with Crippen LogP contribution in [-0.4, -0.2) is 11.3 Å². The molecule has 0 fully saturated rings. The van der Waals surface area contributed by atoms with Gasteiger partial charge in [-0.1, -0.05) is 29.3 Å². The van der Waals surface area contributed by atoms with Crippen LogP contribution in [0.3, 0.4) is 0 Å². The zero-order valence-electron chi connectivity index (χ0n) is 8.96. The van der Waals surface area contributed by atoms with E-state index in [0.717, 1.165) is 47.8 Å². The number of fused-ring (bicyclic) bond motifs is 2. The molecule has 2 aromatic rings. The van der Waals surface area contributed by atoms with Crippen molar-refractivity contribution in [2.24, 2.45) is 0 Å². The monoisotopic (exact) mass is 265 g/mol. The van der Waals surface area contributed by atoms with E-state index in [-0.39, 0.29) is 0 Å². The molecule has 0 amide bonds. The van der Waals surface area contributed by atoms with Crippen molar-refractivity contribution in [2.75, 3.05) is 0 Å². The minimum atomic E-state index is 0.432. The number of hydrogen-bond acceptors (Lipinski definition) is 2. The number of benzene rings is 1. The summed E-state index contributed by atoms with van der Waals surface area (Å²) in [6.07, 6.45) is 3.78. The van der Waals surface area contributed by atoms with Crippen molar-refractivity contribution in [3.63, 3.8) is 0 Å². The third-order valence-corrected chi connectivity index (χ3v) is 4.03. The third kappa shape index (κ3) is 1.55. The van der Waals surface area contributed by atoms with Gasteiger partial charge in [-0.15, -0.1) is 0 Å². The molecule has 1 aliphatic carbocycles. The first-order valence-electron chi connectivity index (χ1n) is 5.47. The lowest BCUT2D eigenvalue weighted by Gasteiger charge is -2.09. The minimum Gasteiger partial charge on any atom is -0.298 e. The first-order chi connectivity index (χ1) is 8.22. The van der Waals surface area contributed by atoms with Crippen LogP contribution >= 0.6 is 23.2 Å². The smallest absolute Gasteiger partial charge is 0.151 e. The molecule has 3 rings (SSSR count). The van der Waals surface area contributed by atoms with Crippen LogP contribution in [0.1, 0.15) is 28.0 Å². The van der Waals surface area contributed by atoms with Crippen molar-refractivity contribution < 1.29 is 4.79 Å². The zero-order chi connectivity index (χ0) is 12.0. The first-order valence-corrected chi connectivity index (χ1v) is 6.22. The molecule has 1 heterocycles. The number of halogens is 2. The highest BCUT2D eigenvalue weighted by Gasteiger charge is 2.20. The standard InChI is InChI=1S/C13H9Cl2NO/c14-10-5-4-8-9(6-17)7-2-1-3-11(7)16-13(8)12(10)15/h4-6H,1-3H2. The van der Waals surface area contributed by atoms with E-state index >= 15 is 0 Å². The summed E-state index contributed by atoms with van der Waals surface area (Å²) in [5, 5.41) is 1.71. The molecule has 1 aliphatic rings. The Kier molecular flexibility index (Phi) is 2.57. The van der Waals surface area contributed by atoms with Crippen molar-refractivity contribution in [1.82, 2.24) is 4.98 Å². The van der Waals surface area contributed by atoms with Gasteiger partial charge >= 0.3 is 0 Å². The summed E-state index contributed by atoms with van der Waals surface area (Å²) in [6, 6.07) is 3.53. The maximum Gasteiger partial charge on any atom is 0.151 e. The number of aromatic nitrogens is 1. The highest BCUT2D eigenvalue weighted by atomic mass is 35.5. The minimum absolute atomic E-state index is 0.432. The normalized spacial score (nSPS) is 14.0. The number of rotatable bonds is 1. The molecule has 86 valence electrons. The van der Waals surface area contributed by atoms with Crippen LogP contribution in [0.5, 0.6) is 0 Å². The Morgan fingerprint density at radius 3 is 2.82 bits per heavy atom. The fraction of sp³-hybridized carbons (Fsp3) is 0.231. The van der Waals surface area contributed by atoms with E-state index in [1.807, 2.05) is 6.07 Å². The lowest BCUT2D eigenvalue weighted by Crippen LogP contribution is -1.98. The molecular weight excluding hydrogens is 257 g/mol. The van der Waals surface area contributed by atoms with Crippen LogP contribution in [0.15, 0.2) is 12.1 Å². The highest BCUT2D eigenvalue weighted by molar-refractivity contribution is 6.45. The molecule has 0 spiro atoms. The molecule has 0 aliphatic heterocycles. The second-order valence-electron chi connectivity index (χ2n) is 4.18. The summed E-state index contributed by atoms with van der Waals surface area (Å²) in [6.45, 7) is 0. The Balaban J connectivity index is 2.48. The molecule has 0 radical (unpaired) electrons. The topological polar surface area (TPSA) is 30.0 Å². The molecule has 0 atom stereocenters. The highest BCUT2D eigenvalue weighted by Crippen LogP contribution is 2.35. The Hall–Kier alpha value is -1.12. The van der Waals surface area contributed by atoms with E-state index in [1.165, 1.54) is 0 Å². The average molecular weight is 266 g/mol. The molecule has 1 aromatic heterocycles. The summed E-state index contributed by atoms with van der Waals surface area (Å²) in [4.78, 5) is 15.8. The van der Waals surface area contributed by atoms with Gasteiger partial charge in [-0.3, -0.25) is 9.78 Å². The Morgan fingerprint density at radius 2 is 2.06 bits per heavy atom. The van der Waals surface area contributed by atoms with Gasteiger partial charge in [0.05, 0.1) is 15.6 Å². The number of pyridine rings is 1. The summed E-state index contributed by atoms with van der Waals surface area (Å²) >= 11 is 12.1. The number of aryl methyl sites for hydroxylation is 1. The Bertz CT molecular complexity index is 637. The lowest BCUT2D eigenvalue weighted by atomic mass is 10.0. The zero-order valence-corrected chi connectivity index (χ0v) is 10.5. The van der Waals surface area contributed by atoms with Crippen molar-refractivity contribution in [3.8, 4) is 0 Å². The molecule has 0 saturated heterocycles. The molecule has 0 saturated carbocycles. The van der Waals surface area contributed by atoms with Gasteiger partial charge in [0, 0.05) is 16.6 Å². The van der Waals surface area contributed by atoms with Gasteiger partial charge in [0.15, 0.2) is 6.29 Å². The van der Waals surface area contributed by atoms with Crippen LogP contribution in [0.2, 0.25) is 10.0 Å². The number of aldehydes is 1. The number of carbonyl (C=O) groups is 1. The summed E-state index contributed by atoms with van der Waals surface area (Å²) in [5.74, 6) is 0. The van der Waals surface area contributed by atoms with Gasteiger partial charge < -0.3 is 0 Å². The van der Waals surface area contributed by atoms with E-state index in [9.17, 15) is 4.79 Å². The summed E-state index contributed by atoms with van der Waals surface area (Å²) < 4.78 is 0. The molecular formula is C13H9Cl2NO. The Morgan fingerprint density at radius 1 is 1.24 bits per heavy atom. The summed E-state index contributed by atoms with van der Waals surface area (Å²) in [5.41, 5.74) is 3.43. The lowest BCUT2D eigenvalue weighted by molar-refractivity contribution is 0.112. The van der Waals surface area contributed by atoms with Gasteiger partial charge in [0.25, 0.3) is 0 Å². The molecule has 1 aromatic carbocycles. The maximum atomic E-state index is 11.3. The van der Waals surface area contributed by atoms with Crippen molar-refractivity contribution in [3.05, 3.63) is 39.0 Å². The van der Waals surface area contributed by atoms with Crippen molar-refractivity contribution >= 4 is 40.4 Å². The van der Waals surface area contributed by atoms with Gasteiger partial charge in [-0.2, -0.15) is 0 Å². The van der Waals surface area contributed by atoms with Gasteiger partial charge in [-0.05, 0) is 30.9 Å². The predicted molar refractivity (Wildman–Crippen MR) is 69.2 cm³/mol. The third-order valence-electron chi connectivity index (χ3n) is 3.24. The van der Waals surface area contributed by atoms with Crippen molar-refractivity contribution in [1.29, 1.82) is 0 Å². The van der Waals surface area contributed by atoms with Crippen LogP contribution in [0.4, 0.5) is 0 Å². The predicted octanol–water partition coefficient (Wildman–Crippen LogP) is 3.84. The molecule has 0 unspecified atom stereocenters. The van der Waals surface area contributed by atoms with Crippen LogP contribution in [-0.2, 0) is 12.8 Å². The number of nitrogens with zero attached hydrogens (tertiary/aromatic N) is 1. The van der Waals surface area contributed by atoms with Crippen LogP contribution in [0, 0.1) is 0 Å². The van der Waals surface area contributed by atoms with Crippen molar-refractivity contribution in [2.45, 2.75) is 19.3 Å². The van der Waals surface area contributed by atoms with Crippen LogP contribution < -0.4 is 0 Å². The maximum absolute atomic E-state index is 11.3. The molecule has 17 heavy (non-hydrogen) atoms. The number of hydrogen-bond donors (Lipinski definition) is 0. The molecule has 0 N–H and O–H groups in total. The van der Waals surface area contributed by atoms with E-state index in [4.69, 9.17) is 23.2 Å². The molecule has 4 heteroatoms. The van der Waals surface area contributed by atoms with Crippen LogP contribution in [0.25, 0.3) is 10.9 Å². The molecule has 0 bridgehead atoms. The fourth-order valence-electron chi connectivity index (χ4n) is 2.44. The second kappa shape index (κ2) is 3.97. The van der Waals surface area contributed by atoms with E-state index in [2.05, 4.69) is 4.98 Å². The van der Waals surface area contributed by atoms with Gasteiger partial charge in [0.1, 0.15) is 0 Å². The average Bonchev–Trinajstić information content (AvgIpc) is 2.79. The quantitative estimate of drug-likeness (QED) is 0.734. The number of carbonyl (C=O) groups excluding carboxylic acids is 1. The van der Waals surface area contributed by atoms with E-state index in [1.54, 1.807) is 6.07 Å². The second-order valence-corrected chi connectivity index (χ2v) is 4.96. The SMILES string of the molecule is O=Cc1c2c(nc3c(Cl)c(Cl)ccc13)CCC2. The van der Waals surface area contributed by atoms with Gasteiger partial charge in [0.2, 0.25) is 0 Å². The van der Waals surface area contributed by atoms with E-state index in [0.29, 0.717) is 15.6 Å². The first kappa shape index (κ1) is 11.0. The van der Waals surface area contributed by atoms with E-state index < -0.39 is 0 Å².